The summed E-state index contributed by atoms with van der Waals surface area (Å²) in [6, 6.07) is 11.0. The molecule has 3 rings (SSSR count). The van der Waals surface area contributed by atoms with Gasteiger partial charge in [-0.05, 0) is 55.7 Å². The smallest absolute Gasteiger partial charge is 0.339 e. The molecule has 1 amide bonds. The minimum atomic E-state index is -0.417. The van der Waals surface area contributed by atoms with Crippen molar-refractivity contribution in [3.05, 3.63) is 68.0 Å². The maximum Gasteiger partial charge on any atom is 0.339 e. The average Bonchev–Trinajstić information content (AvgIpc) is 2.64. The van der Waals surface area contributed by atoms with Crippen LogP contribution in [0.1, 0.15) is 23.1 Å². The molecule has 1 heterocycles. The maximum absolute atomic E-state index is 12.4. The van der Waals surface area contributed by atoms with Crippen molar-refractivity contribution in [3.8, 4) is 5.75 Å². The highest BCUT2D eigenvalue weighted by molar-refractivity contribution is 9.10. The van der Waals surface area contributed by atoms with Gasteiger partial charge >= 0.3 is 5.63 Å². The van der Waals surface area contributed by atoms with Crippen LogP contribution in [0.15, 0.2) is 50.1 Å². The third-order valence-corrected chi connectivity index (χ3v) is 5.41. The number of halogens is 1. The summed E-state index contributed by atoms with van der Waals surface area (Å²) in [5.41, 5.74) is 3.22. The molecule has 0 fully saturated rings. The van der Waals surface area contributed by atoms with Crippen LogP contribution in [-0.2, 0) is 11.2 Å². The molecular formula is C21H20BrNO4. The largest absolute Gasteiger partial charge is 0.497 e. The van der Waals surface area contributed by atoms with E-state index in [2.05, 4.69) is 21.2 Å². The van der Waals surface area contributed by atoms with E-state index in [4.69, 9.17) is 9.15 Å². The summed E-state index contributed by atoms with van der Waals surface area (Å²) >= 11 is 3.45. The van der Waals surface area contributed by atoms with Crippen LogP contribution in [0.4, 0.5) is 5.69 Å². The molecule has 0 aliphatic heterocycles. The fraction of sp³-hybridized carbons (Fsp3) is 0.238. The van der Waals surface area contributed by atoms with E-state index in [9.17, 15) is 9.59 Å². The Labute approximate surface area is 165 Å². The molecule has 0 bridgehead atoms. The van der Waals surface area contributed by atoms with Crippen LogP contribution in [0.25, 0.3) is 11.0 Å². The van der Waals surface area contributed by atoms with Crippen LogP contribution < -0.4 is 15.7 Å². The van der Waals surface area contributed by atoms with Crippen LogP contribution in [0.2, 0.25) is 0 Å². The highest BCUT2D eigenvalue weighted by Crippen LogP contribution is 2.25. The molecule has 0 saturated heterocycles. The molecular weight excluding hydrogens is 410 g/mol. The van der Waals surface area contributed by atoms with Crippen LogP contribution >= 0.6 is 15.9 Å². The summed E-state index contributed by atoms with van der Waals surface area (Å²) in [6.07, 6.45) is 0.508. The Hall–Kier alpha value is -2.60. The Morgan fingerprint density at radius 3 is 2.67 bits per heavy atom. The number of aryl methyl sites for hydroxylation is 2. The highest BCUT2D eigenvalue weighted by atomic mass is 79.9. The molecule has 140 valence electrons. The monoisotopic (exact) mass is 429 g/mol. The van der Waals surface area contributed by atoms with E-state index < -0.39 is 5.63 Å². The summed E-state index contributed by atoms with van der Waals surface area (Å²) in [5, 5.41) is 3.69. The number of methoxy groups -OCH3 is 1. The Morgan fingerprint density at radius 2 is 1.96 bits per heavy atom. The normalized spacial score (nSPS) is 10.8. The number of hydrogen-bond donors (Lipinski definition) is 1. The van der Waals surface area contributed by atoms with Gasteiger partial charge in [0.05, 0.1) is 7.11 Å². The zero-order valence-corrected chi connectivity index (χ0v) is 17.0. The predicted molar refractivity (Wildman–Crippen MR) is 110 cm³/mol. The number of hydrogen-bond acceptors (Lipinski definition) is 4. The molecule has 0 atom stereocenters. The van der Waals surface area contributed by atoms with E-state index in [0.29, 0.717) is 29.0 Å². The highest BCUT2D eigenvalue weighted by Gasteiger charge is 2.14. The first kappa shape index (κ1) is 19.2. The minimum Gasteiger partial charge on any atom is -0.497 e. The van der Waals surface area contributed by atoms with Crippen molar-refractivity contribution in [2.24, 2.45) is 0 Å². The third-order valence-electron chi connectivity index (χ3n) is 4.55. The van der Waals surface area contributed by atoms with Gasteiger partial charge in [0.25, 0.3) is 0 Å². The van der Waals surface area contributed by atoms with E-state index in [-0.39, 0.29) is 12.3 Å². The summed E-state index contributed by atoms with van der Waals surface area (Å²) < 4.78 is 11.5. The van der Waals surface area contributed by atoms with Crippen LogP contribution in [0.5, 0.6) is 5.75 Å². The lowest BCUT2D eigenvalue weighted by molar-refractivity contribution is -0.116. The number of carbonyl (C=O) groups is 1. The molecule has 1 aromatic heterocycles. The molecule has 3 aromatic rings. The van der Waals surface area contributed by atoms with E-state index in [1.54, 1.807) is 13.2 Å². The Morgan fingerprint density at radius 1 is 1.19 bits per heavy atom. The van der Waals surface area contributed by atoms with Gasteiger partial charge in [0.2, 0.25) is 5.91 Å². The lowest BCUT2D eigenvalue weighted by atomic mass is 10.0. The lowest BCUT2D eigenvalue weighted by Crippen LogP contribution is -2.16. The number of benzene rings is 2. The molecule has 2 aromatic carbocycles. The van der Waals surface area contributed by atoms with Gasteiger partial charge in [0, 0.05) is 33.6 Å². The maximum atomic E-state index is 12.4. The van der Waals surface area contributed by atoms with Gasteiger partial charge in [-0.25, -0.2) is 4.79 Å². The summed E-state index contributed by atoms with van der Waals surface area (Å²) in [6.45, 7) is 3.85. The molecule has 27 heavy (non-hydrogen) atoms. The van der Waals surface area contributed by atoms with Gasteiger partial charge in [-0.3, -0.25) is 4.79 Å². The van der Waals surface area contributed by atoms with E-state index in [1.165, 1.54) is 0 Å². The second kappa shape index (κ2) is 7.96. The number of carbonyl (C=O) groups excluding carboxylic acids is 1. The lowest BCUT2D eigenvalue weighted by Gasteiger charge is -2.10. The molecule has 0 radical (unpaired) electrons. The molecule has 0 unspecified atom stereocenters. The second-order valence-electron chi connectivity index (χ2n) is 6.37. The molecule has 1 N–H and O–H groups in total. The van der Waals surface area contributed by atoms with Gasteiger partial charge in [0.15, 0.2) is 0 Å². The first-order chi connectivity index (χ1) is 12.9. The van der Waals surface area contributed by atoms with Crippen molar-refractivity contribution < 1.29 is 13.9 Å². The topological polar surface area (TPSA) is 68.5 Å². The summed E-state index contributed by atoms with van der Waals surface area (Å²) in [4.78, 5) is 24.6. The van der Waals surface area contributed by atoms with Crippen LogP contribution in [0.3, 0.4) is 0 Å². The number of amides is 1. The van der Waals surface area contributed by atoms with Gasteiger partial charge in [-0.15, -0.1) is 0 Å². The van der Waals surface area contributed by atoms with Gasteiger partial charge in [-0.1, -0.05) is 22.0 Å². The Balaban J connectivity index is 1.77. The van der Waals surface area contributed by atoms with Gasteiger partial charge < -0.3 is 14.5 Å². The molecule has 0 aliphatic carbocycles. The number of fused-ring (bicyclic) bond motifs is 1. The van der Waals surface area contributed by atoms with E-state index in [1.807, 2.05) is 44.2 Å². The third kappa shape index (κ3) is 4.22. The number of nitrogens with one attached hydrogen (secondary N) is 1. The van der Waals surface area contributed by atoms with Crippen molar-refractivity contribution in [2.75, 3.05) is 12.4 Å². The fourth-order valence-corrected chi connectivity index (χ4v) is 3.30. The fourth-order valence-electron chi connectivity index (χ4n) is 2.92. The van der Waals surface area contributed by atoms with Crippen LogP contribution in [-0.4, -0.2) is 13.0 Å². The predicted octanol–water partition coefficient (Wildman–Crippen LogP) is 4.75. The SMILES string of the molecule is COc1ccc2c(C)c(CCC(=O)Nc3ccc(C)c(Br)c3)c(=O)oc2c1. The first-order valence-electron chi connectivity index (χ1n) is 8.55. The second-order valence-corrected chi connectivity index (χ2v) is 7.22. The van der Waals surface area contributed by atoms with Crippen molar-refractivity contribution >= 4 is 38.5 Å². The van der Waals surface area contributed by atoms with Crippen molar-refractivity contribution in [3.63, 3.8) is 0 Å². The van der Waals surface area contributed by atoms with Crippen LogP contribution in [0, 0.1) is 13.8 Å². The van der Waals surface area contributed by atoms with Crippen molar-refractivity contribution in [1.29, 1.82) is 0 Å². The number of anilines is 1. The number of rotatable bonds is 5. The molecule has 0 spiro atoms. The molecule has 6 heteroatoms. The minimum absolute atomic E-state index is 0.153. The average molecular weight is 430 g/mol. The molecule has 5 nitrogen and oxygen atoms in total. The van der Waals surface area contributed by atoms with Gasteiger partial charge in [-0.2, -0.15) is 0 Å². The van der Waals surface area contributed by atoms with Crippen molar-refractivity contribution in [2.45, 2.75) is 26.7 Å². The van der Waals surface area contributed by atoms with Gasteiger partial charge in [0.1, 0.15) is 11.3 Å². The zero-order valence-electron chi connectivity index (χ0n) is 15.4. The molecule has 0 aliphatic rings. The quantitative estimate of drug-likeness (QED) is 0.593. The summed E-state index contributed by atoms with van der Waals surface area (Å²) in [5.74, 6) is 0.473. The van der Waals surface area contributed by atoms with E-state index in [0.717, 1.165) is 21.0 Å². The molecule has 0 saturated carbocycles. The standard InChI is InChI=1S/C21H20BrNO4/c1-12-4-5-14(10-18(12)22)23-20(24)9-8-17-13(2)16-7-6-15(26-3)11-19(16)27-21(17)25/h4-7,10-11H,8-9H2,1-3H3,(H,23,24). The summed E-state index contributed by atoms with van der Waals surface area (Å²) in [7, 11) is 1.56. The van der Waals surface area contributed by atoms with E-state index >= 15 is 0 Å². The number of ether oxygens (including phenoxy) is 1. The first-order valence-corrected chi connectivity index (χ1v) is 9.34. The Bertz CT molecular complexity index is 1070. The van der Waals surface area contributed by atoms with Crippen molar-refractivity contribution in [1.82, 2.24) is 0 Å². The zero-order chi connectivity index (χ0) is 19.6. The Kier molecular flexibility index (Phi) is 5.65.